The highest BCUT2D eigenvalue weighted by atomic mass is 32.2. The van der Waals surface area contributed by atoms with Gasteiger partial charge >= 0.3 is 0 Å². The van der Waals surface area contributed by atoms with Crippen LogP contribution in [0.3, 0.4) is 0 Å². The van der Waals surface area contributed by atoms with E-state index in [9.17, 15) is 4.79 Å². The van der Waals surface area contributed by atoms with Crippen molar-refractivity contribution in [3.05, 3.63) is 47.2 Å². The Morgan fingerprint density at radius 3 is 2.81 bits per heavy atom. The molecule has 0 radical (unpaired) electrons. The van der Waals surface area contributed by atoms with E-state index in [1.807, 2.05) is 11.3 Å². The predicted octanol–water partition coefficient (Wildman–Crippen LogP) is 3.53. The molecule has 0 bridgehead atoms. The number of nitrogens with zero attached hydrogens (tertiary/aromatic N) is 4. The molecule has 1 amide bonds. The van der Waals surface area contributed by atoms with Crippen LogP contribution in [0.5, 0.6) is 0 Å². The van der Waals surface area contributed by atoms with E-state index in [1.54, 1.807) is 13.0 Å². The van der Waals surface area contributed by atoms with Crippen LogP contribution < -0.4 is 5.32 Å². The Balaban J connectivity index is 1.62. The average Bonchev–Trinajstić information content (AvgIpc) is 3.19. The fourth-order valence-electron chi connectivity index (χ4n) is 2.86. The number of fused-ring (bicyclic) bond motifs is 3. The van der Waals surface area contributed by atoms with Crippen molar-refractivity contribution >= 4 is 40.0 Å². The van der Waals surface area contributed by atoms with Gasteiger partial charge in [0, 0.05) is 6.07 Å². The maximum Gasteiger partial charge on any atom is 0.236 e. The fourth-order valence-corrected chi connectivity index (χ4v) is 3.61. The van der Waals surface area contributed by atoms with Gasteiger partial charge in [-0.3, -0.25) is 9.20 Å². The van der Waals surface area contributed by atoms with Gasteiger partial charge in [-0.25, -0.2) is 0 Å². The number of nitrogens with one attached hydrogen (secondary N) is 1. The van der Waals surface area contributed by atoms with E-state index in [1.165, 1.54) is 17.3 Å². The molecule has 1 N–H and O–H groups in total. The molecule has 26 heavy (non-hydrogen) atoms. The first-order valence-corrected chi connectivity index (χ1v) is 9.11. The van der Waals surface area contributed by atoms with E-state index in [4.69, 9.17) is 4.52 Å². The Kier molecular flexibility index (Phi) is 4.12. The average molecular weight is 367 g/mol. The number of benzene rings is 1. The Morgan fingerprint density at radius 2 is 2.04 bits per heavy atom. The van der Waals surface area contributed by atoms with Gasteiger partial charge in [0.25, 0.3) is 0 Å². The topological polar surface area (TPSA) is 85.3 Å². The first kappa shape index (κ1) is 16.6. The Labute approximate surface area is 153 Å². The van der Waals surface area contributed by atoms with Gasteiger partial charge in [-0.15, -0.1) is 10.2 Å². The van der Waals surface area contributed by atoms with E-state index in [0.29, 0.717) is 16.7 Å². The minimum atomic E-state index is -0.173. The van der Waals surface area contributed by atoms with E-state index >= 15 is 0 Å². The lowest BCUT2D eigenvalue weighted by Gasteiger charge is -2.07. The largest absolute Gasteiger partial charge is 0.360 e. The molecule has 0 atom stereocenters. The molecule has 8 heteroatoms. The lowest BCUT2D eigenvalue weighted by Crippen LogP contribution is -2.14. The lowest BCUT2D eigenvalue weighted by atomic mass is 10.1. The lowest BCUT2D eigenvalue weighted by molar-refractivity contribution is -0.113. The molecular weight excluding hydrogens is 350 g/mol. The summed E-state index contributed by atoms with van der Waals surface area (Å²) in [6.45, 7) is 5.85. The van der Waals surface area contributed by atoms with Crippen molar-refractivity contribution in [3.8, 4) is 0 Å². The molecule has 4 rings (SSSR count). The molecule has 1 aromatic carbocycles. The first-order valence-electron chi connectivity index (χ1n) is 8.12. The number of amides is 1. The van der Waals surface area contributed by atoms with Crippen molar-refractivity contribution in [3.63, 3.8) is 0 Å². The van der Waals surface area contributed by atoms with Crippen molar-refractivity contribution in [2.75, 3.05) is 11.1 Å². The van der Waals surface area contributed by atoms with Crippen LogP contribution in [-0.4, -0.2) is 31.4 Å². The van der Waals surface area contributed by atoms with Crippen molar-refractivity contribution < 1.29 is 9.32 Å². The Bertz CT molecular complexity index is 1130. The van der Waals surface area contributed by atoms with Crippen molar-refractivity contribution in [1.82, 2.24) is 19.8 Å². The number of rotatable bonds is 4. The molecule has 0 spiro atoms. The molecule has 4 aromatic rings. The van der Waals surface area contributed by atoms with Crippen LogP contribution in [0.15, 0.2) is 40.0 Å². The molecule has 3 heterocycles. The highest BCUT2D eigenvalue weighted by molar-refractivity contribution is 7.99. The molecule has 0 saturated heterocycles. The summed E-state index contributed by atoms with van der Waals surface area (Å²) in [6, 6.07) is 10.0. The minimum Gasteiger partial charge on any atom is -0.360 e. The van der Waals surface area contributed by atoms with Gasteiger partial charge in [0.1, 0.15) is 5.76 Å². The molecule has 0 aliphatic carbocycles. The Morgan fingerprint density at radius 1 is 1.19 bits per heavy atom. The molecule has 7 nitrogen and oxygen atoms in total. The van der Waals surface area contributed by atoms with Crippen LogP contribution >= 0.6 is 11.8 Å². The van der Waals surface area contributed by atoms with Gasteiger partial charge in [0.05, 0.1) is 11.3 Å². The molecular formula is C18H17N5O2S. The van der Waals surface area contributed by atoms with Gasteiger partial charge in [0.2, 0.25) is 5.91 Å². The van der Waals surface area contributed by atoms with Gasteiger partial charge in [-0.05, 0) is 49.9 Å². The quantitative estimate of drug-likeness (QED) is 0.556. The van der Waals surface area contributed by atoms with Crippen LogP contribution in [0.1, 0.15) is 16.9 Å². The second-order valence-electron chi connectivity index (χ2n) is 6.19. The van der Waals surface area contributed by atoms with E-state index in [-0.39, 0.29) is 11.7 Å². The SMILES string of the molecule is Cc1ccc2c(c1)cc(C)c1nnc(SCC(=O)Nc3cc(C)on3)n12. The first-order chi connectivity index (χ1) is 12.5. The Hall–Kier alpha value is -2.87. The number of carbonyl (C=O) groups excluding carboxylic acids is 1. The molecule has 0 saturated carbocycles. The summed E-state index contributed by atoms with van der Waals surface area (Å²) in [6.07, 6.45) is 0. The van der Waals surface area contributed by atoms with Gasteiger partial charge in [0.15, 0.2) is 16.6 Å². The molecule has 0 aliphatic heterocycles. The van der Waals surface area contributed by atoms with Crippen LogP contribution in [0.25, 0.3) is 16.6 Å². The molecule has 132 valence electrons. The van der Waals surface area contributed by atoms with Crippen molar-refractivity contribution in [1.29, 1.82) is 0 Å². The summed E-state index contributed by atoms with van der Waals surface area (Å²) in [5, 5.41) is 16.8. The monoisotopic (exact) mass is 367 g/mol. The smallest absolute Gasteiger partial charge is 0.236 e. The highest BCUT2D eigenvalue weighted by Crippen LogP contribution is 2.26. The number of pyridine rings is 1. The fraction of sp³-hybridized carbons (Fsp3) is 0.222. The number of aromatic nitrogens is 4. The zero-order valence-corrected chi connectivity index (χ0v) is 15.4. The number of aryl methyl sites for hydroxylation is 3. The number of hydrogen-bond donors (Lipinski definition) is 1. The van der Waals surface area contributed by atoms with Crippen LogP contribution in [0.4, 0.5) is 5.82 Å². The molecule has 0 unspecified atom stereocenters. The van der Waals surface area contributed by atoms with Crippen LogP contribution in [-0.2, 0) is 4.79 Å². The molecule has 3 aromatic heterocycles. The summed E-state index contributed by atoms with van der Waals surface area (Å²) in [5.41, 5.74) is 4.07. The van der Waals surface area contributed by atoms with E-state index < -0.39 is 0 Å². The number of anilines is 1. The standard InChI is InChI=1S/C18H17N5O2S/c1-10-4-5-14-13(6-10)7-11(2)17-20-21-18(23(14)17)26-9-16(24)19-15-8-12(3)25-22-15/h4-8H,9H2,1-3H3,(H,19,22,24). The summed E-state index contributed by atoms with van der Waals surface area (Å²) in [5.74, 6) is 1.09. The van der Waals surface area contributed by atoms with Crippen molar-refractivity contribution in [2.24, 2.45) is 0 Å². The third kappa shape index (κ3) is 3.03. The zero-order chi connectivity index (χ0) is 18.3. The highest BCUT2D eigenvalue weighted by Gasteiger charge is 2.14. The maximum atomic E-state index is 12.2. The summed E-state index contributed by atoms with van der Waals surface area (Å²) < 4.78 is 6.95. The molecule has 0 aliphatic rings. The zero-order valence-electron chi connectivity index (χ0n) is 14.6. The summed E-state index contributed by atoms with van der Waals surface area (Å²) in [7, 11) is 0. The van der Waals surface area contributed by atoms with Gasteiger partial charge in [-0.2, -0.15) is 0 Å². The predicted molar refractivity (Wildman–Crippen MR) is 101 cm³/mol. The summed E-state index contributed by atoms with van der Waals surface area (Å²) in [4.78, 5) is 12.2. The van der Waals surface area contributed by atoms with Crippen LogP contribution in [0.2, 0.25) is 0 Å². The number of thioether (sulfide) groups is 1. The molecule has 0 fully saturated rings. The number of hydrogen-bond acceptors (Lipinski definition) is 6. The van der Waals surface area contributed by atoms with Crippen LogP contribution in [0, 0.1) is 20.8 Å². The van der Waals surface area contributed by atoms with E-state index in [0.717, 1.165) is 22.1 Å². The minimum absolute atomic E-state index is 0.173. The third-order valence-corrected chi connectivity index (χ3v) is 4.94. The van der Waals surface area contributed by atoms with E-state index in [2.05, 4.69) is 51.9 Å². The third-order valence-electron chi connectivity index (χ3n) is 4.01. The van der Waals surface area contributed by atoms with Gasteiger partial charge < -0.3 is 9.84 Å². The van der Waals surface area contributed by atoms with Crippen molar-refractivity contribution in [2.45, 2.75) is 25.9 Å². The summed E-state index contributed by atoms with van der Waals surface area (Å²) >= 11 is 1.34. The normalized spacial score (nSPS) is 11.3. The van der Waals surface area contributed by atoms with Gasteiger partial charge in [-0.1, -0.05) is 28.5 Å². The number of carbonyl (C=O) groups is 1. The second kappa shape index (κ2) is 6.45. The maximum absolute atomic E-state index is 12.2. The second-order valence-corrected chi connectivity index (χ2v) is 7.13.